The van der Waals surface area contributed by atoms with Crippen molar-refractivity contribution < 1.29 is 29.0 Å². The van der Waals surface area contributed by atoms with E-state index in [1.54, 1.807) is 0 Å². The number of hydrogen-bond acceptors (Lipinski definition) is 5. The van der Waals surface area contributed by atoms with Crippen LogP contribution in [-0.2, 0) is 23.9 Å². The van der Waals surface area contributed by atoms with Crippen molar-refractivity contribution in [3.05, 3.63) is 12.2 Å². The molecule has 0 fully saturated rings. The number of carbonyl (C=O) groups is 3. The first kappa shape index (κ1) is 21.1. The largest absolute Gasteiger partial charge is 0.481 e. The summed E-state index contributed by atoms with van der Waals surface area (Å²) in [5, 5.41) is 8.95. The van der Waals surface area contributed by atoms with Crippen LogP contribution in [0.25, 0.3) is 0 Å². The van der Waals surface area contributed by atoms with E-state index < -0.39 is 30.2 Å². The molecule has 0 aromatic heterocycles. The first-order chi connectivity index (χ1) is 10.2. The average Bonchev–Trinajstić information content (AvgIpc) is 2.36. The molecule has 0 saturated heterocycles. The third-order valence-electron chi connectivity index (χ3n) is 2.63. The quantitative estimate of drug-likeness (QED) is 0.571. The van der Waals surface area contributed by atoms with Crippen LogP contribution in [0.2, 0.25) is 0 Å². The Labute approximate surface area is 137 Å². The maximum Gasteiger partial charge on any atom is 0.334 e. The predicted octanol–water partition coefficient (Wildman–Crippen LogP) is 2.81. The number of aliphatic carboxylic acids is 1. The Hall–Kier alpha value is -1.85. The number of rotatable bonds is 7. The molecule has 0 aliphatic carbocycles. The molecular weight excluding hydrogens is 300 g/mol. The fourth-order valence-corrected chi connectivity index (χ4v) is 1.43. The van der Waals surface area contributed by atoms with Crippen LogP contribution in [-0.4, -0.2) is 36.2 Å². The molecule has 132 valence electrons. The lowest BCUT2D eigenvalue weighted by Gasteiger charge is -2.22. The van der Waals surface area contributed by atoms with E-state index in [-0.39, 0.29) is 29.6 Å². The summed E-state index contributed by atoms with van der Waals surface area (Å²) in [7, 11) is 0. The summed E-state index contributed by atoms with van der Waals surface area (Å²) < 4.78 is 10.2. The Morgan fingerprint density at radius 2 is 1.39 bits per heavy atom. The number of hydrogen-bond donors (Lipinski definition) is 1. The zero-order valence-corrected chi connectivity index (χ0v) is 14.9. The Balaban J connectivity index is 4.94. The minimum atomic E-state index is -1.25. The van der Waals surface area contributed by atoms with Crippen LogP contribution in [0.4, 0.5) is 0 Å². The summed E-state index contributed by atoms with van der Waals surface area (Å²) in [6.07, 6.45) is -0.563. The van der Waals surface area contributed by atoms with Crippen molar-refractivity contribution in [2.45, 2.75) is 48.0 Å². The molecule has 0 heterocycles. The number of carboxylic acid groups (broad SMARTS) is 1. The van der Waals surface area contributed by atoms with Gasteiger partial charge in [-0.05, 0) is 10.8 Å². The van der Waals surface area contributed by atoms with Crippen LogP contribution >= 0.6 is 0 Å². The van der Waals surface area contributed by atoms with E-state index in [9.17, 15) is 14.4 Å². The van der Waals surface area contributed by atoms with Gasteiger partial charge in [-0.2, -0.15) is 0 Å². The van der Waals surface area contributed by atoms with Gasteiger partial charge in [0.1, 0.15) is 0 Å². The molecule has 23 heavy (non-hydrogen) atoms. The maximum absolute atomic E-state index is 12.1. The molecule has 0 rings (SSSR count). The molecule has 0 spiro atoms. The van der Waals surface area contributed by atoms with Gasteiger partial charge in [-0.15, -0.1) is 0 Å². The number of ether oxygens (including phenoxy) is 2. The normalized spacial score (nSPS) is 13.1. The second-order valence-electron chi connectivity index (χ2n) is 7.98. The highest BCUT2D eigenvalue weighted by Crippen LogP contribution is 2.22. The van der Waals surface area contributed by atoms with Crippen molar-refractivity contribution in [3.8, 4) is 0 Å². The van der Waals surface area contributed by atoms with Crippen molar-refractivity contribution in [2.24, 2.45) is 16.7 Å². The Morgan fingerprint density at radius 3 is 1.78 bits per heavy atom. The minimum Gasteiger partial charge on any atom is -0.481 e. The second-order valence-corrected chi connectivity index (χ2v) is 7.98. The predicted molar refractivity (Wildman–Crippen MR) is 85.7 cm³/mol. The van der Waals surface area contributed by atoms with Crippen LogP contribution in [0.15, 0.2) is 12.2 Å². The average molecular weight is 328 g/mol. The lowest BCUT2D eigenvalue weighted by atomic mass is 9.95. The first-order valence-corrected chi connectivity index (χ1v) is 7.47. The van der Waals surface area contributed by atoms with Gasteiger partial charge in [0.25, 0.3) is 0 Å². The fourth-order valence-electron chi connectivity index (χ4n) is 1.43. The molecule has 0 aliphatic rings. The zero-order valence-electron chi connectivity index (χ0n) is 14.9. The molecule has 1 atom stereocenters. The van der Waals surface area contributed by atoms with E-state index in [2.05, 4.69) is 6.58 Å². The van der Waals surface area contributed by atoms with Gasteiger partial charge in [0.05, 0.1) is 25.6 Å². The van der Waals surface area contributed by atoms with Crippen molar-refractivity contribution in [2.75, 3.05) is 13.2 Å². The van der Waals surface area contributed by atoms with E-state index in [4.69, 9.17) is 14.6 Å². The summed E-state index contributed by atoms with van der Waals surface area (Å²) in [5.41, 5.74) is -0.710. The first-order valence-electron chi connectivity index (χ1n) is 7.47. The van der Waals surface area contributed by atoms with Crippen LogP contribution in [0.5, 0.6) is 0 Å². The van der Waals surface area contributed by atoms with Crippen LogP contribution < -0.4 is 0 Å². The standard InChI is InChI=1S/C17H28O6/c1-11(14(20)22-9-16(2,3)4)12(8-13(18)19)15(21)23-10-17(5,6)7/h12H,1,8-10H2,2-7H3,(H,18,19). The van der Waals surface area contributed by atoms with Crippen LogP contribution in [0, 0.1) is 16.7 Å². The van der Waals surface area contributed by atoms with Crippen molar-refractivity contribution in [3.63, 3.8) is 0 Å². The highest BCUT2D eigenvalue weighted by molar-refractivity contribution is 5.96. The molecular formula is C17H28O6. The lowest BCUT2D eigenvalue weighted by molar-refractivity contribution is -0.156. The maximum atomic E-state index is 12.1. The van der Waals surface area contributed by atoms with E-state index >= 15 is 0 Å². The molecule has 0 amide bonds. The summed E-state index contributed by atoms with van der Waals surface area (Å²) in [4.78, 5) is 35.1. The molecule has 0 aliphatic heterocycles. The van der Waals surface area contributed by atoms with Crippen LogP contribution in [0.3, 0.4) is 0 Å². The van der Waals surface area contributed by atoms with E-state index in [1.807, 2.05) is 41.5 Å². The van der Waals surface area contributed by atoms with Crippen LogP contribution in [0.1, 0.15) is 48.0 Å². The van der Waals surface area contributed by atoms with Crippen molar-refractivity contribution in [1.29, 1.82) is 0 Å². The SMILES string of the molecule is C=C(C(=O)OCC(C)(C)C)C(CC(=O)O)C(=O)OCC(C)(C)C. The molecule has 0 radical (unpaired) electrons. The Bertz CT molecular complexity index is 464. The molecule has 6 nitrogen and oxygen atoms in total. The molecule has 0 aromatic carbocycles. The summed E-state index contributed by atoms with van der Waals surface area (Å²) in [5.74, 6) is -4.02. The van der Waals surface area contributed by atoms with Gasteiger partial charge in [0, 0.05) is 5.57 Å². The fraction of sp³-hybridized carbons (Fsp3) is 0.706. The van der Waals surface area contributed by atoms with Crippen molar-refractivity contribution in [1.82, 2.24) is 0 Å². The molecule has 6 heteroatoms. The third kappa shape index (κ3) is 9.71. The van der Waals surface area contributed by atoms with Gasteiger partial charge < -0.3 is 14.6 Å². The zero-order chi connectivity index (χ0) is 18.4. The van der Waals surface area contributed by atoms with E-state index in [0.29, 0.717) is 0 Å². The van der Waals surface area contributed by atoms with E-state index in [0.717, 1.165) is 0 Å². The molecule has 0 bridgehead atoms. The van der Waals surface area contributed by atoms with Crippen molar-refractivity contribution >= 4 is 17.9 Å². The molecule has 0 aromatic rings. The lowest BCUT2D eigenvalue weighted by Crippen LogP contribution is -2.30. The third-order valence-corrected chi connectivity index (χ3v) is 2.63. The van der Waals surface area contributed by atoms with Gasteiger partial charge >= 0.3 is 17.9 Å². The summed E-state index contributed by atoms with van der Waals surface area (Å²) in [6.45, 7) is 15.1. The summed E-state index contributed by atoms with van der Waals surface area (Å²) >= 11 is 0. The monoisotopic (exact) mass is 328 g/mol. The van der Waals surface area contributed by atoms with E-state index in [1.165, 1.54) is 0 Å². The van der Waals surface area contributed by atoms with Gasteiger partial charge in [-0.1, -0.05) is 48.1 Å². The second kappa shape index (κ2) is 8.13. The smallest absolute Gasteiger partial charge is 0.334 e. The number of carboxylic acids is 1. The topological polar surface area (TPSA) is 89.9 Å². The molecule has 1 N–H and O–H groups in total. The Kier molecular flexibility index (Phi) is 7.48. The highest BCUT2D eigenvalue weighted by atomic mass is 16.5. The van der Waals surface area contributed by atoms with Gasteiger partial charge in [-0.3, -0.25) is 9.59 Å². The minimum absolute atomic E-state index is 0.117. The Morgan fingerprint density at radius 1 is 0.957 bits per heavy atom. The highest BCUT2D eigenvalue weighted by Gasteiger charge is 2.32. The van der Waals surface area contributed by atoms with Gasteiger partial charge in [0.2, 0.25) is 0 Å². The number of esters is 2. The number of carbonyl (C=O) groups excluding carboxylic acids is 2. The van der Waals surface area contributed by atoms with Gasteiger partial charge in [-0.25, -0.2) is 4.79 Å². The van der Waals surface area contributed by atoms with Gasteiger partial charge in [0.15, 0.2) is 0 Å². The molecule has 0 saturated carbocycles. The summed E-state index contributed by atoms with van der Waals surface area (Å²) in [6, 6.07) is 0. The molecule has 1 unspecified atom stereocenters.